The van der Waals surface area contributed by atoms with Crippen molar-refractivity contribution in [3.05, 3.63) is 24.3 Å². The third kappa shape index (κ3) is 6.37. The molecule has 0 aromatic heterocycles. The Morgan fingerprint density at radius 1 is 1.22 bits per heavy atom. The number of amides is 1. The standard InChI is InChI=1S/C17H24N2O3.ClH/c20-17(11-18-10-13-3-4-13)19-14-5-7-15(8-6-14)22-12-16-2-1-9-21-16;/h5-8,13,16,18H,1-4,9-12H2,(H,19,20);1H. The Labute approximate surface area is 143 Å². The smallest absolute Gasteiger partial charge is 0.238 e. The summed E-state index contributed by atoms with van der Waals surface area (Å²) in [4.78, 5) is 11.8. The molecule has 0 spiro atoms. The average Bonchev–Trinajstić information content (AvgIpc) is 3.20. The van der Waals surface area contributed by atoms with Crippen molar-refractivity contribution < 1.29 is 14.3 Å². The normalized spacial score (nSPS) is 19.9. The molecule has 128 valence electrons. The van der Waals surface area contributed by atoms with Gasteiger partial charge in [0.1, 0.15) is 12.4 Å². The van der Waals surface area contributed by atoms with Gasteiger partial charge in [-0.05, 0) is 62.4 Å². The van der Waals surface area contributed by atoms with Gasteiger partial charge in [-0.15, -0.1) is 12.4 Å². The Morgan fingerprint density at radius 3 is 2.65 bits per heavy atom. The molecular formula is C17H25ClN2O3. The molecule has 1 aromatic rings. The molecule has 2 aliphatic rings. The summed E-state index contributed by atoms with van der Waals surface area (Å²) >= 11 is 0. The molecule has 1 aliphatic heterocycles. The molecule has 23 heavy (non-hydrogen) atoms. The summed E-state index contributed by atoms with van der Waals surface area (Å²) in [7, 11) is 0. The van der Waals surface area contributed by atoms with Crippen LogP contribution in [0.2, 0.25) is 0 Å². The van der Waals surface area contributed by atoms with Crippen molar-refractivity contribution in [2.45, 2.75) is 31.8 Å². The highest BCUT2D eigenvalue weighted by Crippen LogP contribution is 2.27. The van der Waals surface area contributed by atoms with Crippen LogP contribution in [0.25, 0.3) is 0 Å². The number of benzene rings is 1. The molecule has 1 aliphatic carbocycles. The van der Waals surface area contributed by atoms with Crippen molar-refractivity contribution in [3.63, 3.8) is 0 Å². The lowest BCUT2D eigenvalue weighted by Gasteiger charge is -2.12. The zero-order valence-corrected chi connectivity index (χ0v) is 14.1. The van der Waals surface area contributed by atoms with E-state index < -0.39 is 0 Å². The van der Waals surface area contributed by atoms with E-state index in [4.69, 9.17) is 9.47 Å². The van der Waals surface area contributed by atoms with Crippen molar-refractivity contribution in [2.75, 3.05) is 31.6 Å². The number of anilines is 1. The van der Waals surface area contributed by atoms with Gasteiger partial charge in [-0.1, -0.05) is 0 Å². The molecule has 3 rings (SSSR count). The molecule has 0 bridgehead atoms. The Hall–Kier alpha value is -1.30. The van der Waals surface area contributed by atoms with E-state index in [0.717, 1.165) is 43.3 Å². The lowest BCUT2D eigenvalue weighted by molar-refractivity contribution is -0.115. The summed E-state index contributed by atoms with van der Waals surface area (Å²) in [6.45, 7) is 2.75. The van der Waals surface area contributed by atoms with Gasteiger partial charge in [0.2, 0.25) is 5.91 Å². The zero-order valence-electron chi connectivity index (χ0n) is 13.3. The summed E-state index contributed by atoms with van der Waals surface area (Å²) < 4.78 is 11.2. The van der Waals surface area contributed by atoms with Crippen LogP contribution in [-0.4, -0.2) is 38.3 Å². The van der Waals surface area contributed by atoms with E-state index in [1.807, 2.05) is 24.3 Å². The second kappa shape index (κ2) is 9.11. The van der Waals surface area contributed by atoms with Crippen LogP contribution in [-0.2, 0) is 9.53 Å². The van der Waals surface area contributed by atoms with Gasteiger partial charge < -0.3 is 20.1 Å². The largest absolute Gasteiger partial charge is 0.491 e. The fourth-order valence-electron chi connectivity index (χ4n) is 2.52. The minimum Gasteiger partial charge on any atom is -0.491 e. The predicted octanol–water partition coefficient (Wildman–Crippen LogP) is 2.60. The number of hydrogen-bond acceptors (Lipinski definition) is 4. The van der Waals surface area contributed by atoms with Crippen LogP contribution in [0.15, 0.2) is 24.3 Å². The molecule has 6 heteroatoms. The minimum absolute atomic E-state index is 0. The minimum atomic E-state index is -0.00586. The molecule has 1 amide bonds. The maximum atomic E-state index is 11.8. The predicted molar refractivity (Wildman–Crippen MR) is 92.4 cm³/mol. The molecule has 1 saturated carbocycles. The maximum Gasteiger partial charge on any atom is 0.238 e. The van der Waals surface area contributed by atoms with Gasteiger partial charge in [-0.3, -0.25) is 4.79 Å². The molecule has 2 fully saturated rings. The number of rotatable bonds is 8. The van der Waals surface area contributed by atoms with Crippen LogP contribution in [0.5, 0.6) is 5.75 Å². The van der Waals surface area contributed by atoms with Gasteiger partial charge in [0.25, 0.3) is 0 Å². The van der Waals surface area contributed by atoms with E-state index in [1.54, 1.807) is 0 Å². The molecule has 2 N–H and O–H groups in total. The first-order valence-electron chi connectivity index (χ1n) is 8.14. The van der Waals surface area contributed by atoms with Gasteiger partial charge in [-0.25, -0.2) is 0 Å². The van der Waals surface area contributed by atoms with Crippen LogP contribution in [0.1, 0.15) is 25.7 Å². The van der Waals surface area contributed by atoms with Crippen LogP contribution in [0, 0.1) is 5.92 Å². The van der Waals surface area contributed by atoms with Gasteiger partial charge in [0.15, 0.2) is 0 Å². The number of hydrogen-bond donors (Lipinski definition) is 2. The van der Waals surface area contributed by atoms with Crippen molar-refractivity contribution in [2.24, 2.45) is 5.92 Å². The zero-order chi connectivity index (χ0) is 15.2. The average molecular weight is 341 g/mol. The molecule has 1 atom stereocenters. The van der Waals surface area contributed by atoms with Gasteiger partial charge >= 0.3 is 0 Å². The second-order valence-electron chi connectivity index (χ2n) is 6.09. The van der Waals surface area contributed by atoms with Crippen molar-refractivity contribution in [1.29, 1.82) is 0 Å². The third-order valence-electron chi connectivity index (χ3n) is 4.01. The summed E-state index contributed by atoms with van der Waals surface area (Å²) in [6.07, 6.45) is 5.00. The topological polar surface area (TPSA) is 59.6 Å². The quantitative estimate of drug-likeness (QED) is 0.763. The lowest BCUT2D eigenvalue weighted by atomic mass is 10.2. The summed E-state index contributed by atoms with van der Waals surface area (Å²) in [5.74, 6) is 1.59. The molecule has 1 aromatic carbocycles. The van der Waals surface area contributed by atoms with Crippen molar-refractivity contribution in [1.82, 2.24) is 5.32 Å². The summed E-state index contributed by atoms with van der Waals surface area (Å²) in [6, 6.07) is 7.48. The highest BCUT2D eigenvalue weighted by Gasteiger charge is 2.20. The monoisotopic (exact) mass is 340 g/mol. The highest BCUT2D eigenvalue weighted by atomic mass is 35.5. The summed E-state index contributed by atoms with van der Waals surface area (Å²) in [5, 5.41) is 6.06. The first-order valence-corrected chi connectivity index (χ1v) is 8.14. The molecular weight excluding hydrogens is 316 g/mol. The molecule has 1 saturated heterocycles. The van der Waals surface area contributed by atoms with Gasteiger partial charge in [-0.2, -0.15) is 0 Å². The van der Waals surface area contributed by atoms with Crippen LogP contribution >= 0.6 is 12.4 Å². The third-order valence-corrected chi connectivity index (χ3v) is 4.01. The Morgan fingerprint density at radius 2 is 2.00 bits per heavy atom. The van der Waals surface area contributed by atoms with Gasteiger partial charge in [0, 0.05) is 12.3 Å². The number of carbonyl (C=O) groups excluding carboxylic acids is 1. The van der Waals surface area contributed by atoms with Crippen molar-refractivity contribution in [3.8, 4) is 5.75 Å². The molecule has 1 heterocycles. The first kappa shape index (κ1) is 18.0. The summed E-state index contributed by atoms with van der Waals surface area (Å²) in [5.41, 5.74) is 0.794. The van der Waals surface area contributed by atoms with Crippen LogP contribution in [0.4, 0.5) is 5.69 Å². The first-order chi connectivity index (χ1) is 10.8. The van der Waals surface area contributed by atoms with E-state index >= 15 is 0 Å². The highest BCUT2D eigenvalue weighted by molar-refractivity contribution is 5.92. The Bertz CT molecular complexity index is 485. The lowest BCUT2D eigenvalue weighted by Crippen LogP contribution is -2.29. The van der Waals surface area contributed by atoms with E-state index in [2.05, 4.69) is 10.6 Å². The fourth-order valence-corrected chi connectivity index (χ4v) is 2.52. The van der Waals surface area contributed by atoms with Crippen LogP contribution < -0.4 is 15.4 Å². The molecule has 5 nitrogen and oxygen atoms in total. The number of nitrogens with one attached hydrogen (secondary N) is 2. The fraction of sp³-hybridized carbons (Fsp3) is 0.588. The Balaban J connectivity index is 0.00000192. The maximum absolute atomic E-state index is 11.8. The van der Waals surface area contributed by atoms with Crippen molar-refractivity contribution >= 4 is 24.0 Å². The SMILES string of the molecule is Cl.O=C(CNCC1CC1)Nc1ccc(OCC2CCCO2)cc1. The molecule has 0 radical (unpaired) electrons. The van der Waals surface area contributed by atoms with Gasteiger partial charge in [0.05, 0.1) is 12.6 Å². The number of ether oxygens (including phenoxy) is 2. The number of halogens is 1. The van der Waals surface area contributed by atoms with E-state index in [1.165, 1.54) is 12.8 Å². The van der Waals surface area contributed by atoms with Crippen LogP contribution in [0.3, 0.4) is 0 Å². The van der Waals surface area contributed by atoms with E-state index in [-0.39, 0.29) is 24.4 Å². The second-order valence-corrected chi connectivity index (χ2v) is 6.09. The van der Waals surface area contributed by atoms with E-state index in [0.29, 0.717) is 13.2 Å². The number of carbonyl (C=O) groups is 1. The molecule has 1 unspecified atom stereocenters. The van der Waals surface area contributed by atoms with E-state index in [9.17, 15) is 4.79 Å². The Kier molecular flexibility index (Phi) is 7.15.